The Labute approximate surface area is 254 Å². The van der Waals surface area contributed by atoms with Crippen LogP contribution in [0.5, 0.6) is 0 Å². The standard InChI is InChI=1S/C27H26Cl2F2N2.C5H12.C2H3N/c1-4-17-12-15(2)8-11-24(17)33-16(3)27-25(20-6-5-7-22(29)26(20)31)21(14-32-27)19-10-9-18(28)13-23(19)30;1-5(2,3)4;1-2-3/h5-13,21,25,27,32-33H,3-4,14H2,1-2H3;1-4H3;1H3/t21?,25-,27?;;/m1../s1. The number of hydrogen-bond donors (Lipinski definition) is 2. The molecule has 7 heteroatoms. The summed E-state index contributed by atoms with van der Waals surface area (Å²) in [5, 5.41) is 14.6. The minimum atomic E-state index is -0.491. The van der Waals surface area contributed by atoms with E-state index < -0.39 is 17.6 Å². The quantitative estimate of drug-likeness (QED) is 0.296. The maximum absolute atomic E-state index is 15.2. The maximum Gasteiger partial charge on any atom is 0.145 e. The molecule has 0 bridgehead atoms. The highest BCUT2D eigenvalue weighted by atomic mass is 35.5. The van der Waals surface area contributed by atoms with Crippen molar-refractivity contribution < 1.29 is 8.78 Å². The molecule has 1 heterocycles. The molecule has 0 aliphatic carbocycles. The Morgan fingerprint density at radius 3 is 2.29 bits per heavy atom. The third-order valence-electron chi connectivity index (χ3n) is 6.37. The fraction of sp³-hybridized carbons (Fsp3) is 0.382. The number of hydrogen-bond acceptors (Lipinski definition) is 3. The number of anilines is 1. The topological polar surface area (TPSA) is 47.8 Å². The zero-order valence-electron chi connectivity index (χ0n) is 25.0. The van der Waals surface area contributed by atoms with E-state index in [2.05, 4.69) is 64.8 Å². The first-order valence-electron chi connectivity index (χ1n) is 13.7. The highest BCUT2D eigenvalue weighted by Crippen LogP contribution is 2.44. The van der Waals surface area contributed by atoms with Crippen molar-refractivity contribution in [2.45, 2.75) is 72.8 Å². The van der Waals surface area contributed by atoms with Crippen LogP contribution in [-0.4, -0.2) is 12.6 Å². The fourth-order valence-electron chi connectivity index (χ4n) is 4.75. The fourth-order valence-corrected chi connectivity index (χ4v) is 5.09. The van der Waals surface area contributed by atoms with Crippen molar-refractivity contribution in [3.8, 4) is 6.07 Å². The van der Waals surface area contributed by atoms with Gasteiger partial charge in [-0.2, -0.15) is 5.26 Å². The van der Waals surface area contributed by atoms with Crippen molar-refractivity contribution in [3.63, 3.8) is 0 Å². The molecule has 0 radical (unpaired) electrons. The van der Waals surface area contributed by atoms with Gasteiger partial charge in [0.1, 0.15) is 11.6 Å². The second-order valence-corrected chi connectivity index (χ2v) is 12.6. The summed E-state index contributed by atoms with van der Waals surface area (Å²) >= 11 is 12.1. The predicted molar refractivity (Wildman–Crippen MR) is 170 cm³/mol. The number of nitrogens with one attached hydrogen (secondary N) is 2. The highest BCUT2D eigenvalue weighted by molar-refractivity contribution is 6.31. The van der Waals surface area contributed by atoms with Gasteiger partial charge in [-0.15, -0.1) is 0 Å². The van der Waals surface area contributed by atoms with Gasteiger partial charge in [0.25, 0.3) is 0 Å². The Morgan fingerprint density at radius 2 is 1.71 bits per heavy atom. The molecular weight excluding hydrogens is 559 g/mol. The lowest BCUT2D eigenvalue weighted by Gasteiger charge is -2.28. The summed E-state index contributed by atoms with van der Waals surface area (Å²) in [7, 11) is 0. The number of halogens is 4. The molecule has 0 saturated carbocycles. The van der Waals surface area contributed by atoms with Crippen LogP contribution >= 0.6 is 23.2 Å². The monoisotopic (exact) mass is 599 g/mol. The molecule has 4 rings (SSSR count). The van der Waals surface area contributed by atoms with Crippen LogP contribution in [0, 0.1) is 35.3 Å². The van der Waals surface area contributed by atoms with Crippen LogP contribution in [0.3, 0.4) is 0 Å². The van der Waals surface area contributed by atoms with Crippen molar-refractivity contribution >= 4 is 28.9 Å². The van der Waals surface area contributed by atoms with Crippen LogP contribution in [0.2, 0.25) is 10.0 Å². The molecule has 0 spiro atoms. The van der Waals surface area contributed by atoms with Crippen molar-refractivity contribution in [1.29, 1.82) is 5.26 Å². The third kappa shape index (κ3) is 9.85. The number of aryl methyl sites for hydroxylation is 2. The van der Waals surface area contributed by atoms with Gasteiger partial charge >= 0.3 is 0 Å². The summed E-state index contributed by atoms with van der Waals surface area (Å²) < 4.78 is 30.1. The van der Waals surface area contributed by atoms with Crippen LogP contribution in [0.1, 0.15) is 75.6 Å². The van der Waals surface area contributed by atoms with Gasteiger partial charge in [0.15, 0.2) is 0 Å². The number of benzene rings is 3. The van der Waals surface area contributed by atoms with Crippen LogP contribution in [0.25, 0.3) is 0 Å². The van der Waals surface area contributed by atoms with Crippen LogP contribution in [0.15, 0.2) is 66.9 Å². The minimum absolute atomic E-state index is 0.0406. The molecule has 1 saturated heterocycles. The Kier molecular flexibility index (Phi) is 12.8. The van der Waals surface area contributed by atoms with E-state index in [1.807, 2.05) is 12.1 Å². The van der Waals surface area contributed by atoms with Crippen molar-refractivity contribution in [2.75, 3.05) is 11.9 Å². The predicted octanol–water partition coefficient (Wildman–Crippen LogP) is 10.2. The van der Waals surface area contributed by atoms with Gasteiger partial charge in [-0.25, -0.2) is 8.78 Å². The summed E-state index contributed by atoms with van der Waals surface area (Å²) in [5.74, 6) is -1.65. The first-order chi connectivity index (χ1) is 19.2. The average Bonchev–Trinajstić information content (AvgIpc) is 3.31. The van der Waals surface area contributed by atoms with E-state index >= 15 is 4.39 Å². The number of nitrogens with zero attached hydrogens (tertiary/aromatic N) is 1. The second-order valence-electron chi connectivity index (χ2n) is 11.7. The van der Waals surface area contributed by atoms with Gasteiger partial charge in [0, 0.05) is 41.7 Å². The van der Waals surface area contributed by atoms with Crippen LogP contribution < -0.4 is 10.6 Å². The summed E-state index contributed by atoms with van der Waals surface area (Å²) in [6, 6.07) is 17.2. The molecule has 220 valence electrons. The Morgan fingerprint density at radius 1 is 1.07 bits per heavy atom. The molecule has 2 unspecified atom stereocenters. The molecular formula is C34H41Cl2F2N3. The minimum Gasteiger partial charge on any atom is -0.358 e. The van der Waals surface area contributed by atoms with Gasteiger partial charge < -0.3 is 10.6 Å². The van der Waals surface area contributed by atoms with Gasteiger partial charge in [0.05, 0.1) is 17.1 Å². The SMILES string of the molecule is C=C(Nc1ccc(C)cc1CC)C1NCC(c2ccc(Cl)cc2F)[C@H]1c1cccc(Cl)c1F.CC#N.CC(C)(C)C. The molecule has 3 nitrogen and oxygen atoms in total. The molecule has 2 N–H and O–H groups in total. The second kappa shape index (κ2) is 15.4. The van der Waals surface area contributed by atoms with E-state index in [1.165, 1.54) is 30.2 Å². The summed E-state index contributed by atoms with van der Waals surface area (Å²) in [5.41, 5.74) is 5.41. The maximum atomic E-state index is 15.2. The molecule has 3 aromatic rings. The molecule has 3 atom stereocenters. The van der Waals surface area contributed by atoms with Crippen LogP contribution in [0.4, 0.5) is 14.5 Å². The zero-order valence-corrected chi connectivity index (χ0v) is 26.5. The van der Waals surface area contributed by atoms with E-state index in [9.17, 15) is 4.39 Å². The molecule has 0 amide bonds. The van der Waals surface area contributed by atoms with Crippen molar-refractivity contribution in [2.24, 2.45) is 5.41 Å². The van der Waals surface area contributed by atoms with Crippen molar-refractivity contribution in [1.82, 2.24) is 5.32 Å². The first-order valence-corrected chi connectivity index (χ1v) is 14.5. The van der Waals surface area contributed by atoms with Gasteiger partial charge in [-0.05, 0) is 59.7 Å². The Balaban J connectivity index is 0.000000653. The summed E-state index contributed by atoms with van der Waals surface area (Å²) in [4.78, 5) is 0. The van der Waals surface area contributed by atoms with Gasteiger partial charge in [-0.1, -0.05) is 100 Å². The lowest BCUT2D eigenvalue weighted by atomic mass is 9.79. The molecule has 1 aliphatic rings. The molecule has 1 fully saturated rings. The lowest BCUT2D eigenvalue weighted by molar-refractivity contribution is 0.469. The Bertz CT molecular complexity index is 1370. The molecule has 41 heavy (non-hydrogen) atoms. The molecule has 3 aromatic carbocycles. The molecule has 0 aromatic heterocycles. The van der Waals surface area contributed by atoms with E-state index in [0.717, 1.165) is 12.1 Å². The van der Waals surface area contributed by atoms with Gasteiger partial charge in [0.2, 0.25) is 0 Å². The zero-order chi connectivity index (χ0) is 30.9. The lowest BCUT2D eigenvalue weighted by Crippen LogP contribution is -2.32. The van der Waals surface area contributed by atoms with Crippen molar-refractivity contribution in [3.05, 3.63) is 111 Å². The first kappa shape index (κ1) is 34.3. The van der Waals surface area contributed by atoms with E-state index in [-0.39, 0.29) is 17.0 Å². The van der Waals surface area contributed by atoms with E-state index in [0.29, 0.717) is 33.8 Å². The number of rotatable bonds is 6. The van der Waals surface area contributed by atoms with E-state index in [4.69, 9.17) is 28.5 Å². The van der Waals surface area contributed by atoms with Gasteiger partial charge in [-0.3, -0.25) is 0 Å². The smallest absolute Gasteiger partial charge is 0.145 e. The average molecular weight is 601 g/mol. The largest absolute Gasteiger partial charge is 0.358 e. The number of nitriles is 1. The highest BCUT2D eigenvalue weighted by Gasteiger charge is 2.42. The Hall–Kier alpha value is -2.91. The van der Waals surface area contributed by atoms with Crippen LogP contribution in [-0.2, 0) is 6.42 Å². The normalized spacial score (nSPS) is 17.9. The third-order valence-corrected chi connectivity index (χ3v) is 6.89. The van der Waals surface area contributed by atoms with E-state index in [1.54, 1.807) is 30.3 Å². The summed E-state index contributed by atoms with van der Waals surface area (Å²) in [6.45, 7) is 19.1. The molecule has 1 aliphatic heterocycles. The summed E-state index contributed by atoms with van der Waals surface area (Å²) in [6.07, 6.45) is 0.861.